The molecule has 5 nitrogen and oxygen atoms in total. The van der Waals surface area contributed by atoms with Gasteiger partial charge in [-0.25, -0.2) is 0 Å². The summed E-state index contributed by atoms with van der Waals surface area (Å²) >= 11 is 0. The van der Waals surface area contributed by atoms with Crippen molar-refractivity contribution in [3.8, 4) is 5.75 Å². The Bertz CT molecular complexity index is 442. The fourth-order valence-electron chi connectivity index (χ4n) is 2.20. The number of nitrogens with two attached hydrogens (primary N) is 1. The standard InChI is InChI=1S/C15H22N2O3/c1-17-9-6-12(7-10-17)20-15(18)8-11-19-14-5-3-2-4-13(14)16/h2-5,12H,6-11,16H2,1H3. The zero-order valence-corrected chi connectivity index (χ0v) is 11.9. The predicted molar refractivity (Wildman–Crippen MR) is 77.6 cm³/mol. The minimum Gasteiger partial charge on any atom is -0.491 e. The third-order valence-electron chi connectivity index (χ3n) is 3.45. The third-order valence-corrected chi connectivity index (χ3v) is 3.45. The van der Waals surface area contributed by atoms with Crippen LogP contribution in [-0.4, -0.2) is 43.7 Å². The molecule has 0 bridgehead atoms. The van der Waals surface area contributed by atoms with Crippen LogP contribution in [0.5, 0.6) is 5.75 Å². The van der Waals surface area contributed by atoms with E-state index < -0.39 is 0 Å². The van der Waals surface area contributed by atoms with Crippen LogP contribution in [0.4, 0.5) is 5.69 Å². The normalized spacial score (nSPS) is 16.9. The van der Waals surface area contributed by atoms with E-state index in [0.29, 0.717) is 18.0 Å². The molecule has 1 heterocycles. The Morgan fingerprint density at radius 1 is 1.35 bits per heavy atom. The van der Waals surface area contributed by atoms with Crippen LogP contribution in [0.3, 0.4) is 0 Å². The first-order valence-electron chi connectivity index (χ1n) is 7.00. The highest BCUT2D eigenvalue weighted by molar-refractivity contribution is 5.69. The number of nitrogen functional groups attached to an aromatic ring is 1. The summed E-state index contributed by atoms with van der Waals surface area (Å²) in [5, 5.41) is 0. The highest BCUT2D eigenvalue weighted by Crippen LogP contribution is 2.20. The number of benzene rings is 1. The molecule has 0 aromatic heterocycles. The molecule has 0 aliphatic carbocycles. The summed E-state index contributed by atoms with van der Waals surface area (Å²) in [6.07, 6.45) is 2.13. The van der Waals surface area contributed by atoms with Crippen molar-refractivity contribution in [3.63, 3.8) is 0 Å². The molecule has 0 radical (unpaired) electrons. The average molecular weight is 278 g/mol. The van der Waals surface area contributed by atoms with E-state index in [1.165, 1.54) is 0 Å². The van der Waals surface area contributed by atoms with Gasteiger partial charge in [-0.05, 0) is 32.0 Å². The van der Waals surface area contributed by atoms with Gasteiger partial charge in [-0.15, -0.1) is 0 Å². The summed E-state index contributed by atoms with van der Waals surface area (Å²) in [4.78, 5) is 14.0. The summed E-state index contributed by atoms with van der Waals surface area (Å²) in [6, 6.07) is 7.25. The van der Waals surface area contributed by atoms with Crippen molar-refractivity contribution in [2.45, 2.75) is 25.4 Å². The Labute approximate surface area is 119 Å². The third kappa shape index (κ3) is 4.42. The van der Waals surface area contributed by atoms with E-state index >= 15 is 0 Å². The molecular weight excluding hydrogens is 256 g/mol. The lowest BCUT2D eigenvalue weighted by molar-refractivity contribution is -0.151. The molecule has 110 valence electrons. The van der Waals surface area contributed by atoms with Crippen LogP contribution in [0.1, 0.15) is 19.3 Å². The van der Waals surface area contributed by atoms with Gasteiger partial charge in [-0.2, -0.15) is 0 Å². The molecule has 1 aromatic rings. The predicted octanol–water partition coefficient (Wildman–Crippen LogP) is 1.68. The van der Waals surface area contributed by atoms with Gasteiger partial charge in [0.25, 0.3) is 0 Å². The SMILES string of the molecule is CN1CCC(OC(=O)CCOc2ccccc2N)CC1. The molecule has 0 unspecified atom stereocenters. The van der Waals surface area contributed by atoms with Crippen LogP contribution in [0.15, 0.2) is 24.3 Å². The number of esters is 1. The number of rotatable bonds is 5. The van der Waals surface area contributed by atoms with Gasteiger partial charge in [0.1, 0.15) is 11.9 Å². The maximum atomic E-state index is 11.7. The highest BCUT2D eigenvalue weighted by atomic mass is 16.5. The van der Waals surface area contributed by atoms with Gasteiger partial charge in [-0.1, -0.05) is 12.1 Å². The Morgan fingerprint density at radius 3 is 2.75 bits per heavy atom. The van der Waals surface area contributed by atoms with Gasteiger partial charge in [0.2, 0.25) is 0 Å². The molecule has 5 heteroatoms. The van der Waals surface area contributed by atoms with E-state index in [-0.39, 0.29) is 18.5 Å². The highest BCUT2D eigenvalue weighted by Gasteiger charge is 2.20. The molecule has 1 aliphatic heterocycles. The van der Waals surface area contributed by atoms with Gasteiger partial charge < -0.3 is 20.1 Å². The topological polar surface area (TPSA) is 64.8 Å². The number of hydrogen-bond acceptors (Lipinski definition) is 5. The number of para-hydroxylation sites is 2. The van der Waals surface area contributed by atoms with Crippen LogP contribution in [-0.2, 0) is 9.53 Å². The molecule has 0 saturated carbocycles. The zero-order chi connectivity index (χ0) is 14.4. The summed E-state index contributed by atoms with van der Waals surface area (Å²) in [5.74, 6) is 0.411. The van der Waals surface area contributed by atoms with Gasteiger partial charge in [0.05, 0.1) is 18.7 Å². The lowest BCUT2D eigenvalue weighted by Crippen LogP contribution is -2.35. The first kappa shape index (κ1) is 14.7. The number of likely N-dealkylation sites (tertiary alicyclic amines) is 1. The Hall–Kier alpha value is -1.75. The number of anilines is 1. The molecule has 1 saturated heterocycles. The van der Waals surface area contributed by atoms with Crippen LogP contribution >= 0.6 is 0 Å². The number of hydrogen-bond donors (Lipinski definition) is 1. The number of ether oxygens (including phenoxy) is 2. The number of piperidine rings is 1. The van der Waals surface area contributed by atoms with Crippen LogP contribution in [0.2, 0.25) is 0 Å². The van der Waals surface area contributed by atoms with Crippen LogP contribution in [0, 0.1) is 0 Å². The second-order valence-corrected chi connectivity index (χ2v) is 5.13. The summed E-state index contributed by atoms with van der Waals surface area (Å²) in [6.45, 7) is 2.25. The van der Waals surface area contributed by atoms with E-state index in [9.17, 15) is 4.79 Å². The van der Waals surface area contributed by atoms with Crippen molar-refractivity contribution in [3.05, 3.63) is 24.3 Å². The fraction of sp³-hybridized carbons (Fsp3) is 0.533. The van der Waals surface area contributed by atoms with Crippen molar-refractivity contribution in [2.24, 2.45) is 0 Å². The van der Waals surface area contributed by atoms with E-state index in [2.05, 4.69) is 11.9 Å². The van der Waals surface area contributed by atoms with Crippen molar-refractivity contribution in [1.29, 1.82) is 0 Å². The second kappa shape index (κ2) is 7.14. The molecule has 0 atom stereocenters. The zero-order valence-electron chi connectivity index (χ0n) is 11.9. The van der Waals surface area contributed by atoms with E-state index in [1.807, 2.05) is 12.1 Å². The molecule has 1 aliphatic rings. The minimum absolute atomic E-state index is 0.0560. The molecule has 0 amide bonds. The van der Waals surface area contributed by atoms with Gasteiger partial charge >= 0.3 is 5.97 Å². The van der Waals surface area contributed by atoms with Gasteiger partial charge in [0.15, 0.2) is 0 Å². The van der Waals surface area contributed by atoms with Gasteiger partial charge in [0, 0.05) is 13.1 Å². The Kier molecular flexibility index (Phi) is 5.24. The maximum absolute atomic E-state index is 11.7. The first-order chi connectivity index (χ1) is 9.65. The van der Waals surface area contributed by atoms with Crippen molar-refractivity contribution >= 4 is 11.7 Å². The van der Waals surface area contributed by atoms with E-state index in [1.54, 1.807) is 12.1 Å². The van der Waals surface area contributed by atoms with E-state index in [4.69, 9.17) is 15.2 Å². The lowest BCUT2D eigenvalue weighted by atomic mass is 10.1. The molecular formula is C15H22N2O3. The number of carbonyl (C=O) groups is 1. The average Bonchev–Trinajstić information content (AvgIpc) is 2.43. The maximum Gasteiger partial charge on any atom is 0.309 e. The lowest BCUT2D eigenvalue weighted by Gasteiger charge is -2.28. The van der Waals surface area contributed by atoms with Crippen molar-refractivity contribution in [1.82, 2.24) is 4.90 Å². The molecule has 20 heavy (non-hydrogen) atoms. The first-order valence-corrected chi connectivity index (χ1v) is 7.00. The summed E-state index contributed by atoms with van der Waals surface area (Å²) < 4.78 is 10.9. The quantitative estimate of drug-likeness (QED) is 0.655. The second-order valence-electron chi connectivity index (χ2n) is 5.13. The smallest absolute Gasteiger partial charge is 0.309 e. The largest absolute Gasteiger partial charge is 0.491 e. The molecule has 2 rings (SSSR count). The van der Waals surface area contributed by atoms with Crippen LogP contribution < -0.4 is 10.5 Å². The molecule has 0 spiro atoms. The molecule has 1 aromatic carbocycles. The van der Waals surface area contributed by atoms with Gasteiger partial charge in [-0.3, -0.25) is 4.79 Å². The summed E-state index contributed by atoms with van der Waals surface area (Å²) in [7, 11) is 2.08. The number of carbonyl (C=O) groups excluding carboxylic acids is 1. The fourth-order valence-corrected chi connectivity index (χ4v) is 2.20. The van der Waals surface area contributed by atoms with Crippen molar-refractivity contribution < 1.29 is 14.3 Å². The number of nitrogens with zero attached hydrogens (tertiary/aromatic N) is 1. The monoisotopic (exact) mass is 278 g/mol. The molecule has 2 N–H and O–H groups in total. The Morgan fingerprint density at radius 2 is 2.05 bits per heavy atom. The van der Waals surface area contributed by atoms with Crippen LogP contribution in [0.25, 0.3) is 0 Å². The Balaban J connectivity index is 1.67. The molecule has 1 fully saturated rings. The van der Waals surface area contributed by atoms with E-state index in [0.717, 1.165) is 25.9 Å². The minimum atomic E-state index is -0.200. The summed E-state index contributed by atoms with van der Waals surface area (Å²) in [5.41, 5.74) is 6.33. The van der Waals surface area contributed by atoms with Crippen molar-refractivity contribution in [2.75, 3.05) is 32.5 Å².